The van der Waals surface area contributed by atoms with E-state index >= 15 is 0 Å². The van der Waals surface area contributed by atoms with Crippen LogP contribution >= 0.6 is 0 Å². The molecule has 15 heavy (non-hydrogen) atoms. The second-order valence-corrected chi connectivity index (χ2v) is 3.43. The van der Waals surface area contributed by atoms with E-state index in [9.17, 15) is 4.79 Å². The Bertz CT molecular complexity index is 655. The Hall–Kier alpha value is -2.16. The number of hydrogen-bond donors (Lipinski definition) is 1. The van der Waals surface area contributed by atoms with Gasteiger partial charge in [0.2, 0.25) is 0 Å². The van der Waals surface area contributed by atoms with E-state index in [0.29, 0.717) is 5.56 Å². The van der Waals surface area contributed by atoms with Gasteiger partial charge in [-0.05, 0) is 0 Å². The van der Waals surface area contributed by atoms with E-state index in [1.165, 1.54) is 0 Å². The van der Waals surface area contributed by atoms with Gasteiger partial charge in [-0.25, -0.2) is 0 Å². The SMILES string of the molecule is O=Cc1c[nH]c2c1ncc1ccccc12. The van der Waals surface area contributed by atoms with Crippen molar-refractivity contribution in [2.24, 2.45) is 0 Å². The first-order valence-corrected chi connectivity index (χ1v) is 4.70. The lowest BCUT2D eigenvalue weighted by Gasteiger charge is -1.97. The van der Waals surface area contributed by atoms with Crippen LogP contribution in [0.15, 0.2) is 36.7 Å². The molecule has 72 valence electrons. The van der Waals surface area contributed by atoms with Crippen molar-refractivity contribution in [3.63, 3.8) is 0 Å². The number of aldehydes is 1. The molecule has 0 spiro atoms. The highest BCUT2D eigenvalue weighted by Crippen LogP contribution is 2.23. The Balaban J connectivity index is 2.55. The maximum atomic E-state index is 10.8. The Kier molecular flexibility index (Phi) is 1.59. The fourth-order valence-corrected chi connectivity index (χ4v) is 1.84. The molecule has 0 bridgehead atoms. The maximum absolute atomic E-state index is 10.8. The van der Waals surface area contributed by atoms with Gasteiger partial charge in [0.05, 0.1) is 16.6 Å². The summed E-state index contributed by atoms with van der Waals surface area (Å²) in [6, 6.07) is 7.97. The van der Waals surface area contributed by atoms with Crippen molar-refractivity contribution < 1.29 is 4.79 Å². The van der Waals surface area contributed by atoms with Crippen molar-refractivity contribution in [1.29, 1.82) is 0 Å². The molecule has 3 aromatic rings. The Morgan fingerprint density at radius 2 is 2.13 bits per heavy atom. The standard InChI is InChI=1S/C12H8N2O/c15-7-9-6-14-12-10-4-2-1-3-8(10)5-13-11(9)12/h1-7,14H. The molecule has 0 unspecified atom stereocenters. The molecule has 0 aliphatic heterocycles. The first-order chi connectivity index (χ1) is 7.40. The number of nitrogens with one attached hydrogen (secondary N) is 1. The molecule has 2 heterocycles. The maximum Gasteiger partial charge on any atom is 0.153 e. The summed E-state index contributed by atoms with van der Waals surface area (Å²) < 4.78 is 0. The molecule has 0 aliphatic carbocycles. The summed E-state index contributed by atoms with van der Waals surface area (Å²) in [6.45, 7) is 0. The molecule has 3 nitrogen and oxygen atoms in total. The van der Waals surface area contributed by atoms with Crippen LogP contribution in [0.5, 0.6) is 0 Å². The van der Waals surface area contributed by atoms with E-state index in [2.05, 4.69) is 9.97 Å². The molecule has 0 amide bonds. The van der Waals surface area contributed by atoms with Crippen LogP contribution in [0, 0.1) is 0 Å². The Morgan fingerprint density at radius 3 is 3.00 bits per heavy atom. The number of H-pyrrole nitrogens is 1. The molecule has 0 radical (unpaired) electrons. The fourth-order valence-electron chi connectivity index (χ4n) is 1.84. The molecule has 1 N–H and O–H groups in total. The number of carbonyl (C=O) groups is 1. The summed E-state index contributed by atoms with van der Waals surface area (Å²) in [5.74, 6) is 0. The molecule has 0 atom stereocenters. The van der Waals surface area contributed by atoms with Crippen molar-refractivity contribution in [3.05, 3.63) is 42.2 Å². The molecule has 3 heteroatoms. The van der Waals surface area contributed by atoms with Crippen molar-refractivity contribution >= 4 is 28.1 Å². The predicted octanol–water partition coefficient (Wildman–Crippen LogP) is 2.53. The summed E-state index contributed by atoms with van der Waals surface area (Å²) in [7, 11) is 0. The highest BCUT2D eigenvalue weighted by Gasteiger charge is 2.06. The van der Waals surface area contributed by atoms with Crippen LogP contribution in [0.4, 0.5) is 0 Å². The summed E-state index contributed by atoms with van der Waals surface area (Å²) in [5, 5.41) is 2.17. The average molecular weight is 196 g/mol. The van der Waals surface area contributed by atoms with Gasteiger partial charge in [-0.3, -0.25) is 9.78 Å². The molecule has 1 aromatic carbocycles. The lowest BCUT2D eigenvalue weighted by Crippen LogP contribution is -1.81. The topological polar surface area (TPSA) is 45.8 Å². The van der Waals surface area contributed by atoms with E-state index in [0.717, 1.165) is 28.1 Å². The molecule has 3 rings (SSSR count). The van der Waals surface area contributed by atoms with E-state index in [4.69, 9.17) is 0 Å². The van der Waals surface area contributed by atoms with Crippen molar-refractivity contribution in [1.82, 2.24) is 9.97 Å². The molecule has 0 saturated heterocycles. The van der Waals surface area contributed by atoms with Crippen LogP contribution < -0.4 is 0 Å². The second-order valence-electron chi connectivity index (χ2n) is 3.43. The summed E-state index contributed by atoms with van der Waals surface area (Å²) in [4.78, 5) is 18.1. The molecule has 2 aromatic heterocycles. The van der Waals surface area contributed by atoms with E-state index in [1.807, 2.05) is 24.3 Å². The van der Waals surface area contributed by atoms with Crippen molar-refractivity contribution in [3.8, 4) is 0 Å². The number of nitrogens with zero attached hydrogens (tertiary/aromatic N) is 1. The first kappa shape index (κ1) is 8.17. The second kappa shape index (κ2) is 2.92. The molecule has 0 fully saturated rings. The highest BCUT2D eigenvalue weighted by atomic mass is 16.1. The zero-order valence-corrected chi connectivity index (χ0v) is 7.90. The Morgan fingerprint density at radius 1 is 1.27 bits per heavy atom. The number of hydrogen-bond acceptors (Lipinski definition) is 2. The third-order valence-electron chi connectivity index (χ3n) is 2.57. The molecule has 0 saturated carbocycles. The van der Waals surface area contributed by atoms with Gasteiger partial charge in [0, 0.05) is 23.2 Å². The number of fused-ring (bicyclic) bond motifs is 3. The first-order valence-electron chi connectivity index (χ1n) is 4.70. The largest absolute Gasteiger partial charge is 0.359 e. The number of aromatic nitrogens is 2. The fraction of sp³-hybridized carbons (Fsp3) is 0. The van der Waals surface area contributed by atoms with Gasteiger partial charge in [0.1, 0.15) is 0 Å². The van der Waals surface area contributed by atoms with Crippen LogP contribution in [-0.2, 0) is 0 Å². The van der Waals surface area contributed by atoms with Crippen molar-refractivity contribution in [2.75, 3.05) is 0 Å². The van der Waals surface area contributed by atoms with Crippen molar-refractivity contribution in [2.45, 2.75) is 0 Å². The third-order valence-corrected chi connectivity index (χ3v) is 2.57. The van der Waals surface area contributed by atoms with E-state index in [1.54, 1.807) is 12.4 Å². The molecular weight excluding hydrogens is 188 g/mol. The number of benzene rings is 1. The average Bonchev–Trinajstić information content (AvgIpc) is 2.72. The lowest BCUT2D eigenvalue weighted by molar-refractivity contribution is 0.112. The van der Waals surface area contributed by atoms with Gasteiger partial charge in [-0.15, -0.1) is 0 Å². The van der Waals surface area contributed by atoms with Gasteiger partial charge < -0.3 is 4.98 Å². The van der Waals surface area contributed by atoms with Gasteiger partial charge in [0.15, 0.2) is 6.29 Å². The molecular formula is C12H8N2O. The summed E-state index contributed by atoms with van der Waals surface area (Å²) >= 11 is 0. The van der Waals surface area contributed by atoms with Crippen LogP contribution in [0.2, 0.25) is 0 Å². The minimum absolute atomic E-state index is 0.607. The van der Waals surface area contributed by atoms with Crippen LogP contribution in [-0.4, -0.2) is 16.3 Å². The number of carbonyl (C=O) groups excluding carboxylic acids is 1. The van der Waals surface area contributed by atoms with Gasteiger partial charge in [-0.1, -0.05) is 24.3 Å². The number of aromatic amines is 1. The number of rotatable bonds is 1. The third kappa shape index (κ3) is 1.06. The minimum Gasteiger partial charge on any atom is -0.359 e. The highest BCUT2D eigenvalue weighted by molar-refractivity contribution is 6.08. The molecule has 0 aliphatic rings. The summed E-state index contributed by atoms with van der Waals surface area (Å²) in [5.41, 5.74) is 2.27. The smallest absolute Gasteiger partial charge is 0.153 e. The van der Waals surface area contributed by atoms with E-state index < -0.39 is 0 Å². The monoisotopic (exact) mass is 196 g/mol. The Labute approximate surface area is 85.8 Å². The number of pyridine rings is 1. The van der Waals surface area contributed by atoms with Gasteiger partial charge in [-0.2, -0.15) is 0 Å². The minimum atomic E-state index is 0.607. The normalized spacial score (nSPS) is 10.9. The van der Waals surface area contributed by atoms with Crippen LogP contribution in [0.1, 0.15) is 10.4 Å². The van der Waals surface area contributed by atoms with Gasteiger partial charge in [0.25, 0.3) is 0 Å². The van der Waals surface area contributed by atoms with E-state index in [-0.39, 0.29) is 0 Å². The van der Waals surface area contributed by atoms with Crippen LogP contribution in [0.25, 0.3) is 21.8 Å². The quantitative estimate of drug-likeness (QED) is 0.608. The predicted molar refractivity (Wildman–Crippen MR) is 59.0 cm³/mol. The zero-order chi connectivity index (χ0) is 10.3. The zero-order valence-electron chi connectivity index (χ0n) is 7.90. The summed E-state index contributed by atoms with van der Waals surface area (Å²) in [6.07, 6.45) is 4.30. The lowest BCUT2D eigenvalue weighted by atomic mass is 10.1. The van der Waals surface area contributed by atoms with Gasteiger partial charge >= 0.3 is 0 Å². The van der Waals surface area contributed by atoms with Crippen LogP contribution in [0.3, 0.4) is 0 Å².